The fraction of sp³-hybridized carbons (Fsp3) is 0.600. The molecular formula is C25H32F3N7O2. The molecule has 12 heteroatoms. The number of ether oxygens (including phenoxy) is 1. The molecule has 2 aliphatic heterocycles. The average molecular weight is 520 g/mol. The fourth-order valence-corrected chi connectivity index (χ4v) is 6.09. The molecule has 3 fully saturated rings. The zero-order chi connectivity index (χ0) is 26.4. The summed E-state index contributed by atoms with van der Waals surface area (Å²) in [4.78, 5) is 31.1. The Kier molecular flexibility index (Phi) is 6.63. The van der Waals surface area contributed by atoms with Gasteiger partial charge in [0.25, 0.3) is 0 Å². The molecule has 9 nitrogen and oxygen atoms in total. The van der Waals surface area contributed by atoms with Gasteiger partial charge in [0.05, 0.1) is 18.9 Å². The molecule has 1 saturated carbocycles. The van der Waals surface area contributed by atoms with Crippen molar-refractivity contribution in [2.45, 2.75) is 57.5 Å². The average Bonchev–Trinajstić information content (AvgIpc) is 2.80. The second kappa shape index (κ2) is 9.62. The SMILES string of the molecule is COc1cnccc1CN1CC2(CC(NC(=O)N3[C@H](C)CN(c4ncc(C(F)(F)F)cn4)C[C@@H]3C)C2)C1. The van der Waals surface area contributed by atoms with E-state index in [4.69, 9.17) is 4.74 Å². The predicted molar refractivity (Wildman–Crippen MR) is 130 cm³/mol. The lowest BCUT2D eigenvalue weighted by Gasteiger charge is -2.59. The zero-order valence-electron chi connectivity index (χ0n) is 21.2. The number of nitrogens with zero attached hydrogens (tertiary/aromatic N) is 6. The molecule has 5 rings (SSSR count). The van der Waals surface area contributed by atoms with Crippen LogP contribution in [0.5, 0.6) is 5.75 Å². The van der Waals surface area contributed by atoms with Crippen molar-refractivity contribution in [1.29, 1.82) is 0 Å². The minimum absolute atomic E-state index is 0.0921. The number of aromatic nitrogens is 3. The standard InChI is InChI=1S/C25H32F3N7O2/c1-16-11-34(22-30-8-19(9-31-22)25(26,27)28)12-17(2)35(16)23(36)32-20-6-24(7-20)14-33(15-24)13-18-4-5-29-10-21(18)37-3/h4-5,8-10,16-17,20H,6-7,11-15H2,1-3H3,(H,32,36)/t16-,17+. The summed E-state index contributed by atoms with van der Waals surface area (Å²) < 4.78 is 43.9. The van der Waals surface area contributed by atoms with E-state index in [1.165, 1.54) is 0 Å². The summed E-state index contributed by atoms with van der Waals surface area (Å²) >= 11 is 0. The molecule has 4 heterocycles. The molecule has 0 radical (unpaired) electrons. The highest BCUT2D eigenvalue weighted by Crippen LogP contribution is 2.49. The van der Waals surface area contributed by atoms with Crippen LogP contribution >= 0.6 is 0 Å². The van der Waals surface area contributed by atoms with Gasteiger partial charge in [-0.25, -0.2) is 14.8 Å². The number of nitrogens with one attached hydrogen (secondary N) is 1. The first-order valence-corrected chi connectivity index (χ1v) is 12.5. The molecule has 0 aromatic carbocycles. The van der Waals surface area contributed by atoms with E-state index in [-0.39, 0.29) is 35.5 Å². The molecule has 3 aliphatic rings. The van der Waals surface area contributed by atoms with Gasteiger partial charge in [-0.05, 0) is 38.2 Å². The number of likely N-dealkylation sites (tertiary alicyclic amines) is 1. The van der Waals surface area contributed by atoms with Gasteiger partial charge in [-0.1, -0.05) is 0 Å². The number of urea groups is 1. The van der Waals surface area contributed by atoms with E-state index in [1.807, 2.05) is 29.7 Å². The largest absolute Gasteiger partial charge is 0.495 e. The maximum Gasteiger partial charge on any atom is 0.419 e. The molecule has 1 aliphatic carbocycles. The molecule has 1 N–H and O–H groups in total. The van der Waals surface area contributed by atoms with Crippen molar-refractivity contribution in [3.8, 4) is 5.75 Å². The normalized spacial score (nSPS) is 23.9. The monoisotopic (exact) mass is 519 g/mol. The lowest BCUT2D eigenvalue weighted by molar-refractivity contribution is -0.138. The molecule has 0 bridgehead atoms. The van der Waals surface area contributed by atoms with Gasteiger partial charge in [0, 0.05) is 75.0 Å². The van der Waals surface area contributed by atoms with Crippen LogP contribution in [0.2, 0.25) is 0 Å². The number of hydrogen-bond donors (Lipinski definition) is 1. The molecule has 2 aromatic heterocycles. The van der Waals surface area contributed by atoms with Crippen LogP contribution in [0.15, 0.2) is 30.9 Å². The quantitative estimate of drug-likeness (QED) is 0.650. The number of methoxy groups -OCH3 is 1. The summed E-state index contributed by atoms with van der Waals surface area (Å²) in [5.41, 5.74) is 0.522. The molecule has 0 unspecified atom stereocenters. The van der Waals surface area contributed by atoms with Crippen LogP contribution in [0.25, 0.3) is 0 Å². The molecule has 37 heavy (non-hydrogen) atoms. The van der Waals surface area contributed by atoms with E-state index in [9.17, 15) is 18.0 Å². The molecule has 1 spiro atoms. The lowest BCUT2D eigenvalue weighted by Crippen LogP contribution is -2.68. The van der Waals surface area contributed by atoms with Gasteiger partial charge < -0.3 is 19.9 Å². The van der Waals surface area contributed by atoms with E-state index in [0.717, 1.165) is 56.2 Å². The van der Waals surface area contributed by atoms with Gasteiger partial charge in [-0.3, -0.25) is 9.88 Å². The highest BCUT2D eigenvalue weighted by molar-refractivity contribution is 5.76. The summed E-state index contributed by atoms with van der Waals surface area (Å²) in [6, 6.07) is 1.77. The predicted octanol–water partition coefficient (Wildman–Crippen LogP) is 3.17. The van der Waals surface area contributed by atoms with Crippen molar-refractivity contribution in [2.24, 2.45) is 5.41 Å². The minimum Gasteiger partial charge on any atom is -0.495 e. The van der Waals surface area contributed by atoms with Crippen molar-refractivity contribution >= 4 is 12.0 Å². The number of hydrogen-bond acceptors (Lipinski definition) is 7. The summed E-state index contributed by atoms with van der Waals surface area (Å²) in [6.45, 7) is 7.60. The van der Waals surface area contributed by atoms with Crippen LogP contribution in [0, 0.1) is 5.41 Å². The maximum absolute atomic E-state index is 13.1. The Morgan fingerprint density at radius 3 is 2.38 bits per heavy atom. The number of alkyl halides is 3. The van der Waals surface area contributed by atoms with Crippen molar-refractivity contribution in [3.05, 3.63) is 42.0 Å². The number of piperazine rings is 1. The van der Waals surface area contributed by atoms with Gasteiger partial charge in [0.2, 0.25) is 5.95 Å². The first kappa shape index (κ1) is 25.5. The molecule has 2 atom stereocenters. The second-order valence-electron chi connectivity index (χ2n) is 10.7. The summed E-state index contributed by atoms with van der Waals surface area (Å²) in [7, 11) is 1.65. The number of pyridine rings is 1. The Balaban J connectivity index is 1.09. The number of rotatable bonds is 5. The third-order valence-electron chi connectivity index (χ3n) is 7.69. The summed E-state index contributed by atoms with van der Waals surface area (Å²) in [6.07, 6.45) is 2.58. The van der Waals surface area contributed by atoms with Crippen molar-refractivity contribution in [1.82, 2.24) is 30.1 Å². The number of carbonyl (C=O) groups excluding carboxylic acids is 1. The number of amides is 2. The number of halogens is 3. The molecule has 2 saturated heterocycles. The van der Waals surface area contributed by atoms with Crippen molar-refractivity contribution in [3.63, 3.8) is 0 Å². The van der Waals surface area contributed by atoms with Crippen LogP contribution in [0.3, 0.4) is 0 Å². The van der Waals surface area contributed by atoms with Gasteiger partial charge in [-0.15, -0.1) is 0 Å². The van der Waals surface area contributed by atoms with E-state index in [2.05, 4.69) is 25.2 Å². The second-order valence-corrected chi connectivity index (χ2v) is 10.7. The minimum atomic E-state index is -4.47. The van der Waals surface area contributed by atoms with Crippen LogP contribution in [0.1, 0.15) is 37.8 Å². The van der Waals surface area contributed by atoms with Crippen LogP contribution in [-0.2, 0) is 12.7 Å². The topological polar surface area (TPSA) is 86.7 Å². The number of carbonyl (C=O) groups is 1. The van der Waals surface area contributed by atoms with Crippen LogP contribution < -0.4 is 15.0 Å². The molecule has 2 aromatic rings. The Morgan fingerprint density at radius 1 is 1.14 bits per heavy atom. The Hall–Kier alpha value is -3.15. The third-order valence-corrected chi connectivity index (χ3v) is 7.69. The van der Waals surface area contributed by atoms with E-state index < -0.39 is 11.7 Å². The van der Waals surface area contributed by atoms with E-state index >= 15 is 0 Å². The Labute approximate surface area is 214 Å². The highest BCUT2D eigenvalue weighted by atomic mass is 19.4. The smallest absolute Gasteiger partial charge is 0.419 e. The Morgan fingerprint density at radius 2 is 1.78 bits per heavy atom. The van der Waals surface area contributed by atoms with Crippen molar-refractivity contribution in [2.75, 3.05) is 38.2 Å². The fourth-order valence-electron chi connectivity index (χ4n) is 6.09. The van der Waals surface area contributed by atoms with E-state index in [1.54, 1.807) is 19.5 Å². The highest BCUT2D eigenvalue weighted by Gasteiger charge is 2.53. The van der Waals surface area contributed by atoms with Crippen LogP contribution in [0.4, 0.5) is 23.9 Å². The summed E-state index contributed by atoms with van der Waals surface area (Å²) in [5.74, 6) is 1.04. The molecule has 2 amide bonds. The molecule has 200 valence electrons. The molecular weight excluding hydrogens is 487 g/mol. The van der Waals surface area contributed by atoms with Gasteiger partial charge in [0.1, 0.15) is 5.75 Å². The van der Waals surface area contributed by atoms with Gasteiger partial charge in [0.15, 0.2) is 0 Å². The third kappa shape index (κ3) is 5.16. The van der Waals surface area contributed by atoms with E-state index in [0.29, 0.717) is 13.1 Å². The lowest BCUT2D eigenvalue weighted by atomic mass is 9.60. The Bertz CT molecular complexity index is 1100. The van der Waals surface area contributed by atoms with Gasteiger partial charge in [-0.2, -0.15) is 13.2 Å². The summed E-state index contributed by atoms with van der Waals surface area (Å²) in [5, 5.41) is 3.20. The first-order chi connectivity index (χ1) is 17.6. The van der Waals surface area contributed by atoms with Crippen molar-refractivity contribution < 1.29 is 22.7 Å². The van der Waals surface area contributed by atoms with Crippen LogP contribution in [-0.4, -0.2) is 82.2 Å². The zero-order valence-corrected chi connectivity index (χ0v) is 21.2. The van der Waals surface area contributed by atoms with Gasteiger partial charge >= 0.3 is 12.2 Å². The maximum atomic E-state index is 13.1. The number of anilines is 1. The first-order valence-electron chi connectivity index (χ1n) is 12.5.